The monoisotopic (exact) mass is 94.1 g/mol. The lowest BCUT2D eigenvalue weighted by Gasteiger charge is -1.79. The Bertz CT molecular complexity index is 184. The van der Waals surface area contributed by atoms with Gasteiger partial charge in [0.15, 0.2) is 0 Å². The first kappa shape index (κ1) is 0.997. The third-order valence-corrected chi connectivity index (χ3v) is 0.196. The molecule has 0 fully saturated rings. The van der Waals surface area contributed by atoms with E-state index in [1.807, 2.05) is 0 Å². The minimum absolute atomic E-state index is 1.78. The van der Waals surface area contributed by atoms with E-state index in [2.05, 4.69) is 0 Å². The van der Waals surface area contributed by atoms with Crippen molar-refractivity contribution < 1.29 is 18.1 Å². The molecule has 2 heteroatoms. The summed E-state index contributed by atoms with van der Waals surface area (Å²) in [5.74, 6) is -1.78. The van der Waals surface area contributed by atoms with Gasteiger partial charge in [0.2, 0.25) is 0 Å². The van der Waals surface area contributed by atoms with Crippen LogP contribution >= 0.6 is 0 Å². The molecule has 1 atom stereocenters. The Labute approximate surface area is 45.2 Å². The number of carbonyl (C=O) groups is 1. The molecule has 0 heterocycles. The number of carboxylic acids is 1. The summed E-state index contributed by atoms with van der Waals surface area (Å²) in [6.45, 7) is -3.09. The largest absolute Gasteiger partial charge is 0.481 e. The van der Waals surface area contributed by atoms with Crippen molar-refractivity contribution in [3.63, 3.8) is 0 Å². The fraction of sp³-hybridized carbons (Fsp3) is 0.750. The van der Waals surface area contributed by atoms with Crippen LogP contribution in [0.2, 0.25) is 0 Å². The number of hydrogen-bond acceptors (Lipinski definition) is 1. The molecular weight excluding hydrogens is 80.0 g/mol. The van der Waals surface area contributed by atoms with Crippen LogP contribution in [0.4, 0.5) is 0 Å². The van der Waals surface area contributed by atoms with Gasteiger partial charge in [-0.05, 0) is 6.37 Å². The molecule has 1 unspecified atom stereocenters. The van der Waals surface area contributed by atoms with E-state index in [1.165, 1.54) is 0 Å². The second-order valence-electron chi connectivity index (χ2n) is 0.627. The summed E-state index contributed by atoms with van der Waals surface area (Å²) in [5.41, 5.74) is 0. The van der Waals surface area contributed by atoms with Crippen LogP contribution in [-0.4, -0.2) is 11.1 Å². The van der Waals surface area contributed by atoms with Gasteiger partial charge in [-0.15, -0.1) is 0 Å². The molecule has 1 N–H and O–H groups in total. The molecule has 0 rings (SSSR count). The van der Waals surface area contributed by atoms with Crippen LogP contribution in [0.15, 0.2) is 0 Å². The lowest BCUT2D eigenvalue weighted by atomic mass is 10.4. The Hall–Kier alpha value is -0.530. The van der Waals surface area contributed by atoms with E-state index in [0.717, 1.165) is 0 Å². The maximum absolute atomic E-state index is 10.1. The molecule has 0 saturated carbocycles. The molecule has 36 valence electrons. The van der Waals surface area contributed by atoms with Gasteiger partial charge in [-0.1, -0.05) is 6.85 Å². The van der Waals surface area contributed by atoms with Crippen molar-refractivity contribution in [2.75, 3.05) is 0 Å². The molecule has 6 heavy (non-hydrogen) atoms. The van der Waals surface area contributed by atoms with E-state index >= 15 is 0 Å². The quantitative estimate of drug-likeness (QED) is 0.551. The Morgan fingerprint density at radius 3 is 3.17 bits per heavy atom. The first-order valence-corrected chi connectivity index (χ1v) is 1.26. The topological polar surface area (TPSA) is 37.3 Å². The number of rotatable bonds is 2. The molecule has 0 radical (unpaired) electrons. The van der Waals surface area contributed by atoms with Gasteiger partial charge in [-0.25, -0.2) is 0 Å². The van der Waals surface area contributed by atoms with Crippen LogP contribution in [0, 0.1) is 0 Å². The van der Waals surface area contributed by atoms with Crippen LogP contribution < -0.4 is 0 Å². The summed E-state index contributed by atoms with van der Waals surface area (Å²) in [6, 6.07) is 0. The summed E-state index contributed by atoms with van der Waals surface area (Å²) in [4.78, 5) is 10.1. The zero-order chi connectivity index (χ0) is 10.2. The molecule has 0 spiro atoms. The number of hydrogen-bond donors (Lipinski definition) is 1. The van der Waals surface area contributed by atoms with Crippen molar-refractivity contribution in [3.8, 4) is 0 Å². The molecule has 0 saturated heterocycles. The van der Waals surface area contributed by atoms with Gasteiger partial charge in [-0.2, -0.15) is 0 Å². The summed E-state index contributed by atoms with van der Waals surface area (Å²) in [5, 5.41) is 8.20. The second kappa shape index (κ2) is 2.69. The average Bonchev–Trinajstić information content (AvgIpc) is 1.83. The Morgan fingerprint density at radius 1 is 2.33 bits per heavy atom. The van der Waals surface area contributed by atoms with Gasteiger partial charge in [0, 0.05) is 14.6 Å². The smallest absolute Gasteiger partial charge is 0.303 e. The Balaban J connectivity index is 4.73. The molecule has 0 aliphatic carbocycles. The second-order valence-corrected chi connectivity index (χ2v) is 0.627. The normalized spacial score (nSPS) is 32.7. The highest BCUT2D eigenvalue weighted by Gasteiger charge is 1.87. The van der Waals surface area contributed by atoms with Gasteiger partial charge in [0.25, 0.3) is 0 Å². The van der Waals surface area contributed by atoms with Gasteiger partial charge in [0.1, 0.15) is 0 Å². The standard InChI is InChI=1S/C4H8O2/c1-2-3-4(5)6/h2-3H2,1H3,(H,5,6)/i1D3,2D2,3D. The summed E-state index contributed by atoms with van der Waals surface area (Å²) in [6.07, 6.45) is -5.30. The highest BCUT2D eigenvalue weighted by Crippen LogP contribution is 1.82. The summed E-state index contributed by atoms with van der Waals surface area (Å²) >= 11 is 0. The minimum Gasteiger partial charge on any atom is -0.481 e. The fourth-order valence-corrected chi connectivity index (χ4v) is 0.0617. The van der Waals surface area contributed by atoms with E-state index in [4.69, 9.17) is 13.3 Å². The zero-order valence-electron chi connectivity index (χ0n) is 8.93. The molecule has 0 amide bonds. The van der Waals surface area contributed by atoms with E-state index in [-0.39, 0.29) is 0 Å². The maximum Gasteiger partial charge on any atom is 0.303 e. The first-order valence-electron chi connectivity index (χ1n) is 4.33. The van der Waals surface area contributed by atoms with Crippen LogP contribution in [0.1, 0.15) is 27.8 Å². The predicted octanol–water partition coefficient (Wildman–Crippen LogP) is 0.871. The van der Waals surface area contributed by atoms with Crippen LogP contribution in [0.5, 0.6) is 0 Å². The molecule has 0 aromatic heterocycles. The summed E-state index contributed by atoms with van der Waals surface area (Å²) < 4.78 is 40.4. The third kappa shape index (κ3) is 3.47. The Kier molecular flexibility index (Phi) is 0.448. The van der Waals surface area contributed by atoms with Gasteiger partial charge in [0.05, 0.1) is 0 Å². The predicted molar refractivity (Wildman–Crippen MR) is 22.5 cm³/mol. The minimum atomic E-state index is -3.09. The molecular formula is C4H8O2. The lowest BCUT2D eigenvalue weighted by Crippen LogP contribution is -1.90. The third-order valence-electron chi connectivity index (χ3n) is 0.196. The number of carboxylic acid groups (broad SMARTS) is 1. The Morgan fingerprint density at radius 2 is 3.00 bits per heavy atom. The van der Waals surface area contributed by atoms with Crippen molar-refractivity contribution in [1.82, 2.24) is 0 Å². The maximum atomic E-state index is 10.1. The van der Waals surface area contributed by atoms with Gasteiger partial charge < -0.3 is 5.11 Å². The van der Waals surface area contributed by atoms with Crippen LogP contribution in [-0.2, 0) is 4.79 Å². The van der Waals surface area contributed by atoms with Crippen molar-refractivity contribution in [2.24, 2.45) is 0 Å². The van der Waals surface area contributed by atoms with E-state index in [1.54, 1.807) is 0 Å². The van der Waals surface area contributed by atoms with Crippen LogP contribution in [0.3, 0.4) is 0 Å². The number of aliphatic carboxylic acids is 1. The molecule has 0 bridgehead atoms. The fourth-order valence-electron chi connectivity index (χ4n) is 0.0617. The SMILES string of the molecule is [2H]C(C(=O)O)C([2H])([2H])C([2H])([2H])[2H]. The molecule has 2 nitrogen and oxygen atoms in total. The summed E-state index contributed by atoms with van der Waals surface area (Å²) in [7, 11) is 0. The van der Waals surface area contributed by atoms with Gasteiger partial charge in [-0.3, -0.25) is 4.79 Å². The molecule has 0 aromatic rings. The van der Waals surface area contributed by atoms with Crippen molar-refractivity contribution in [2.45, 2.75) is 19.6 Å². The van der Waals surface area contributed by atoms with Crippen molar-refractivity contribution in [3.05, 3.63) is 0 Å². The highest BCUT2D eigenvalue weighted by atomic mass is 16.4. The average molecular weight is 94.1 g/mol. The van der Waals surface area contributed by atoms with E-state index in [9.17, 15) is 4.79 Å². The van der Waals surface area contributed by atoms with Crippen LogP contribution in [0.25, 0.3) is 0 Å². The molecule has 0 aliphatic rings. The van der Waals surface area contributed by atoms with Gasteiger partial charge >= 0.3 is 5.97 Å². The molecule has 0 aliphatic heterocycles. The first-order chi connectivity index (χ1) is 5.10. The van der Waals surface area contributed by atoms with Crippen molar-refractivity contribution >= 4 is 5.97 Å². The van der Waals surface area contributed by atoms with E-state index < -0.39 is 25.6 Å². The lowest BCUT2D eigenvalue weighted by molar-refractivity contribution is -0.137. The zero-order valence-corrected chi connectivity index (χ0v) is 2.93. The van der Waals surface area contributed by atoms with E-state index in [0.29, 0.717) is 0 Å². The van der Waals surface area contributed by atoms with Crippen molar-refractivity contribution in [1.29, 1.82) is 0 Å². The molecule has 0 aromatic carbocycles. The highest BCUT2D eigenvalue weighted by molar-refractivity contribution is 5.66.